The van der Waals surface area contributed by atoms with Crippen molar-refractivity contribution in [2.75, 3.05) is 30.8 Å². The number of hydrogen-bond acceptors (Lipinski definition) is 3. The lowest BCUT2D eigenvalue weighted by molar-refractivity contribution is 0.102. The van der Waals surface area contributed by atoms with Crippen molar-refractivity contribution in [3.05, 3.63) is 59.9 Å². The number of halogens is 1. The average Bonchev–Trinajstić information content (AvgIpc) is 2.58. The zero-order valence-corrected chi connectivity index (χ0v) is 13.8. The minimum atomic E-state index is -0.351. The summed E-state index contributed by atoms with van der Waals surface area (Å²) in [5.74, 6) is -0.595. The Morgan fingerprint density at radius 1 is 1.08 bits per heavy atom. The molecule has 1 heterocycles. The van der Waals surface area contributed by atoms with E-state index in [-0.39, 0.29) is 11.7 Å². The van der Waals surface area contributed by atoms with Crippen molar-refractivity contribution < 1.29 is 9.18 Å². The van der Waals surface area contributed by atoms with Gasteiger partial charge in [-0.2, -0.15) is 0 Å². The van der Waals surface area contributed by atoms with E-state index in [9.17, 15) is 9.18 Å². The lowest BCUT2D eigenvalue weighted by Gasteiger charge is -2.30. The van der Waals surface area contributed by atoms with E-state index in [0.29, 0.717) is 11.6 Å². The Morgan fingerprint density at radius 2 is 1.75 bits per heavy atom. The molecule has 0 radical (unpaired) electrons. The number of likely N-dealkylation sites (tertiary alicyclic amines) is 1. The molecule has 4 nitrogen and oxygen atoms in total. The second kappa shape index (κ2) is 7.45. The maximum absolute atomic E-state index is 12.9. The van der Waals surface area contributed by atoms with Gasteiger partial charge >= 0.3 is 0 Å². The summed E-state index contributed by atoms with van der Waals surface area (Å²) < 4.78 is 12.9. The zero-order chi connectivity index (χ0) is 16.9. The Hall–Kier alpha value is -2.40. The lowest BCUT2D eigenvalue weighted by Crippen LogP contribution is -2.36. The van der Waals surface area contributed by atoms with E-state index in [1.165, 1.54) is 24.3 Å². The number of carbonyl (C=O) groups is 1. The maximum atomic E-state index is 12.9. The molecule has 1 fully saturated rings. The zero-order valence-electron chi connectivity index (χ0n) is 13.8. The standard InChI is InChI=1S/C19H22FN3O/c1-23-11-9-16(10-12-23)21-17-3-2-4-18(13-17)22-19(24)14-5-7-15(20)8-6-14/h2-8,13,16,21H,9-12H2,1H3,(H,22,24). The number of carbonyl (C=O) groups excluding carboxylic acids is 1. The van der Waals surface area contributed by atoms with Gasteiger partial charge in [-0.1, -0.05) is 6.07 Å². The molecular formula is C19H22FN3O. The van der Waals surface area contributed by atoms with Crippen molar-refractivity contribution >= 4 is 17.3 Å². The molecule has 5 heteroatoms. The van der Waals surface area contributed by atoms with Crippen molar-refractivity contribution in [2.45, 2.75) is 18.9 Å². The van der Waals surface area contributed by atoms with E-state index in [2.05, 4.69) is 22.6 Å². The predicted octanol–water partition coefficient (Wildman–Crippen LogP) is 3.58. The highest BCUT2D eigenvalue weighted by Crippen LogP contribution is 2.20. The summed E-state index contributed by atoms with van der Waals surface area (Å²) in [6, 6.07) is 13.7. The van der Waals surface area contributed by atoms with E-state index in [1.54, 1.807) is 0 Å². The van der Waals surface area contributed by atoms with Gasteiger partial charge in [-0.05, 0) is 75.4 Å². The molecule has 24 heavy (non-hydrogen) atoms. The van der Waals surface area contributed by atoms with Crippen molar-refractivity contribution in [1.29, 1.82) is 0 Å². The van der Waals surface area contributed by atoms with Gasteiger partial charge in [0.15, 0.2) is 0 Å². The van der Waals surface area contributed by atoms with E-state index >= 15 is 0 Å². The highest BCUT2D eigenvalue weighted by Gasteiger charge is 2.16. The van der Waals surface area contributed by atoms with Crippen LogP contribution in [0.1, 0.15) is 23.2 Å². The molecule has 1 amide bonds. The van der Waals surface area contributed by atoms with Gasteiger partial charge in [0, 0.05) is 23.0 Å². The normalized spacial score (nSPS) is 15.9. The Kier molecular flexibility index (Phi) is 5.11. The van der Waals surface area contributed by atoms with Crippen LogP contribution in [0, 0.1) is 5.82 Å². The van der Waals surface area contributed by atoms with Gasteiger partial charge in [-0.3, -0.25) is 4.79 Å². The molecule has 1 saturated heterocycles. The van der Waals surface area contributed by atoms with Gasteiger partial charge in [-0.25, -0.2) is 4.39 Å². The molecular weight excluding hydrogens is 305 g/mol. The van der Waals surface area contributed by atoms with Gasteiger partial charge in [0.25, 0.3) is 5.91 Å². The smallest absolute Gasteiger partial charge is 0.255 e. The van der Waals surface area contributed by atoms with Gasteiger partial charge in [0.05, 0.1) is 0 Å². The van der Waals surface area contributed by atoms with E-state index in [1.807, 2.05) is 24.3 Å². The van der Waals surface area contributed by atoms with Crippen molar-refractivity contribution in [3.8, 4) is 0 Å². The third kappa shape index (κ3) is 4.32. The predicted molar refractivity (Wildman–Crippen MR) is 94.9 cm³/mol. The summed E-state index contributed by atoms with van der Waals surface area (Å²) in [6.07, 6.45) is 2.23. The molecule has 0 aliphatic carbocycles. The number of nitrogens with one attached hydrogen (secondary N) is 2. The second-order valence-corrected chi connectivity index (χ2v) is 6.26. The van der Waals surface area contributed by atoms with Crippen molar-refractivity contribution in [1.82, 2.24) is 4.90 Å². The van der Waals surface area contributed by atoms with Crippen LogP contribution in [0.3, 0.4) is 0 Å². The Morgan fingerprint density at radius 3 is 2.46 bits per heavy atom. The fourth-order valence-electron chi connectivity index (χ4n) is 2.88. The molecule has 2 N–H and O–H groups in total. The first-order chi connectivity index (χ1) is 11.6. The van der Waals surface area contributed by atoms with Gasteiger partial charge in [0.2, 0.25) is 0 Å². The van der Waals surface area contributed by atoms with Crippen LogP contribution in [0.4, 0.5) is 15.8 Å². The van der Waals surface area contributed by atoms with Crippen molar-refractivity contribution in [3.63, 3.8) is 0 Å². The van der Waals surface area contributed by atoms with Crippen LogP contribution in [-0.2, 0) is 0 Å². The molecule has 0 aromatic heterocycles. The van der Waals surface area contributed by atoms with Gasteiger partial charge in [-0.15, -0.1) is 0 Å². The van der Waals surface area contributed by atoms with E-state index in [0.717, 1.165) is 37.3 Å². The highest BCUT2D eigenvalue weighted by molar-refractivity contribution is 6.04. The van der Waals surface area contributed by atoms with Crippen LogP contribution < -0.4 is 10.6 Å². The molecule has 1 aliphatic rings. The average molecular weight is 327 g/mol. The summed E-state index contributed by atoms with van der Waals surface area (Å²) >= 11 is 0. The molecule has 126 valence electrons. The highest BCUT2D eigenvalue weighted by atomic mass is 19.1. The van der Waals surface area contributed by atoms with Crippen LogP contribution >= 0.6 is 0 Å². The third-order valence-electron chi connectivity index (χ3n) is 4.32. The summed E-state index contributed by atoms with van der Waals surface area (Å²) in [4.78, 5) is 14.5. The monoisotopic (exact) mass is 327 g/mol. The first-order valence-corrected chi connectivity index (χ1v) is 8.22. The number of rotatable bonds is 4. The molecule has 2 aromatic carbocycles. The summed E-state index contributed by atoms with van der Waals surface area (Å²) in [5, 5.41) is 6.39. The second-order valence-electron chi connectivity index (χ2n) is 6.26. The quantitative estimate of drug-likeness (QED) is 0.902. The molecule has 0 saturated carbocycles. The first kappa shape index (κ1) is 16.5. The van der Waals surface area contributed by atoms with Crippen LogP contribution in [0.25, 0.3) is 0 Å². The number of benzene rings is 2. The van der Waals surface area contributed by atoms with Gasteiger partial charge < -0.3 is 15.5 Å². The molecule has 0 atom stereocenters. The molecule has 0 spiro atoms. The number of anilines is 2. The van der Waals surface area contributed by atoms with E-state index < -0.39 is 0 Å². The maximum Gasteiger partial charge on any atom is 0.255 e. The number of hydrogen-bond donors (Lipinski definition) is 2. The SMILES string of the molecule is CN1CCC(Nc2cccc(NC(=O)c3ccc(F)cc3)c2)CC1. The van der Waals surface area contributed by atoms with Crippen molar-refractivity contribution in [2.24, 2.45) is 0 Å². The summed E-state index contributed by atoms with van der Waals surface area (Å²) in [7, 11) is 2.14. The lowest BCUT2D eigenvalue weighted by atomic mass is 10.1. The number of piperidine rings is 1. The topological polar surface area (TPSA) is 44.4 Å². The summed E-state index contributed by atoms with van der Waals surface area (Å²) in [6.45, 7) is 2.19. The first-order valence-electron chi connectivity index (χ1n) is 8.22. The molecule has 1 aliphatic heterocycles. The van der Waals surface area contributed by atoms with Crippen LogP contribution in [0.2, 0.25) is 0 Å². The van der Waals surface area contributed by atoms with Crippen LogP contribution in [-0.4, -0.2) is 37.0 Å². The third-order valence-corrected chi connectivity index (χ3v) is 4.32. The number of amides is 1. The van der Waals surface area contributed by atoms with Gasteiger partial charge in [0.1, 0.15) is 5.82 Å². The minimum absolute atomic E-state index is 0.244. The fourth-order valence-corrected chi connectivity index (χ4v) is 2.88. The molecule has 0 unspecified atom stereocenters. The Balaban J connectivity index is 1.62. The minimum Gasteiger partial charge on any atom is -0.382 e. The Bertz CT molecular complexity index is 694. The fraction of sp³-hybridized carbons (Fsp3) is 0.316. The molecule has 0 bridgehead atoms. The summed E-state index contributed by atoms with van der Waals surface area (Å²) in [5.41, 5.74) is 2.16. The molecule has 2 aromatic rings. The molecule has 3 rings (SSSR count). The Labute approximate surface area is 141 Å². The van der Waals surface area contributed by atoms with Crippen LogP contribution in [0.5, 0.6) is 0 Å². The number of nitrogens with zero attached hydrogens (tertiary/aromatic N) is 1. The van der Waals surface area contributed by atoms with Crippen LogP contribution in [0.15, 0.2) is 48.5 Å². The van der Waals surface area contributed by atoms with E-state index in [4.69, 9.17) is 0 Å². The largest absolute Gasteiger partial charge is 0.382 e.